The minimum atomic E-state index is -0.367. The topological polar surface area (TPSA) is 98.2 Å². The van der Waals surface area contributed by atoms with Gasteiger partial charge in [0.2, 0.25) is 0 Å². The van der Waals surface area contributed by atoms with Gasteiger partial charge >= 0.3 is 0 Å². The molecule has 2 aromatic heterocycles. The summed E-state index contributed by atoms with van der Waals surface area (Å²) in [7, 11) is 3.29. The van der Waals surface area contributed by atoms with Gasteiger partial charge in [0, 0.05) is 23.6 Å². The molecular formula is C27H32N6O3. The molecule has 1 saturated heterocycles. The maximum absolute atomic E-state index is 13.4. The van der Waals surface area contributed by atoms with Crippen molar-refractivity contribution in [3.63, 3.8) is 0 Å². The number of aromatic nitrogens is 5. The van der Waals surface area contributed by atoms with Crippen molar-refractivity contribution in [2.75, 3.05) is 33.9 Å². The van der Waals surface area contributed by atoms with Crippen LogP contribution in [0.3, 0.4) is 0 Å². The molecule has 0 amide bonds. The van der Waals surface area contributed by atoms with Gasteiger partial charge in [0.25, 0.3) is 5.56 Å². The molecule has 0 unspecified atom stereocenters. The second kappa shape index (κ2) is 11.0. The predicted octanol–water partition coefficient (Wildman–Crippen LogP) is 3.21. The van der Waals surface area contributed by atoms with Crippen LogP contribution >= 0.6 is 0 Å². The Morgan fingerprint density at radius 3 is 2.64 bits per heavy atom. The Balaban J connectivity index is 1.48. The Bertz CT molecular complexity index is 1340. The monoisotopic (exact) mass is 488 g/mol. The number of tetrazole rings is 1. The number of likely N-dealkylation sites (tertiary alicyclic amines) is 1. The van der Waals surface area contributed by atoms with E-state index in [0.717, 1.165) is 49.0 Å². The van der Waals surface area contributed by atoms with Crippen molar-refractivity contribution in [1.29, 1.82) is 0 Å². The largest absolute Gasteiger partial charge is 0.497 e. The average Bonchev–Trinajstić information content (AvgIpc) is 3.37. The summed E-state index contributed by atoms with van der Waals surface area (Å²) in [5.41, 5.74) is 2.64. The van der Waals surface area contributed by atoms with E-state index in [1.807, 2.05) is 24.3 Å². The molecule has 0 bridgehead atoms. The first-order valence-electron chi connectivity index (χ1n) is 12.4. The minimum absolute atomic E-state index is 0.134. The number of aromatic amines is 1. The molecule has 2 aromatic carbocycles. The molecule has 1 fully saturated rings. The van der Waals surface area contributed by atoms with E-state index in [9.17, 15) is 4.79 Å². The van der Waals surface area contributed by atoms with Crippen molar-refractivity contribution in [2.24, 2.45) is 5.92 Å². The molecule has 1 atom stereocenters. The number of benzene rings is 2. The third-order valence-corrected chi connectivity index (χ3v) is 7.07. The van der Waals surface area contributed by atoms with Crippen molar-refractivity contribution in [3.8, 4) is 5.75 Å². The molecule has 9 nitrogen and oxygen atoms in total. The molecule has 5 rings (SSSR count). The van der Waals surface area contributed by atoms with Gasteiger partial charge in [-0.1, -0.05) is 30.3 Å². The third-order valence-electron chi connectivity index (χ3n) is 7.07. The molecule has 0 aliphatic carbocycles. The van der Waals surface area contributed by atoms with Gasteiger partial charge in [0.15, 0.2) is 5.82 Å². The number of rotatable bonds is 9. The van der Waals surface area contributed by atoms with Gasteiger partial charge in [-0.3, -0.25) is 9.69 Å². The fourth-order valence-electron chi connectivity index (χ4n) is 5.14. The summed E-state index contributed by atoms with van der Waals surface area (Å²) < 4.78 is 12.4. The van der Waals surface area contributed by atoms with Gasteiger partial charge in [-0.25, -0.2) is 4.68 Å². The summed E-state index contributed by atoms with van der Waals surface area (Å²) in [6, 6.07) is 17.9. The maximum Gasteiger partial charge on any atom is 0.253 e. The molecule has 0 radical (unpaired) electrons. The number of piperidine rings is 1. The number of hydrogen-bond donors (Lipinski definition) is 1. The van der Waals surface area contributed by atoms with Crippen LogP contribution in [0.1, 0.15) is 35.8 Å². The molecule has 3 heterocycles. The van der Waals surface area contributed by atoms with Gasteiger partial charge in [-0.2, -0.15) is 0 Å². The zero-order chi connectivity index (χ0) is 24.9. The Labute approximate surface area is 210 Å². The summed E-state index contributed by atoms with van der Waals surface area (Å²) in [5.74, 6) is 2.00. The van der Waals surface area contributed by atoms with Gasteiger partial charge in [0.05, 0.1) is 20.3 Å². The van der Waals surface area contributed by atoms with Crippen LogP contribution in [0.4, 0.5) is 0 Å². The van der Waals surface area contributed by atoms with Crippen LogP contribution in [-0.4, -0.2) is 64.0 Å². The zero-order valence-electron chi connectivity index (χ0n) is 20.8. The minimum Gasteiger partial charge on any atom is -0.497 e. The fraction of sp³-hybridized carbons (Fsp3) is 0.407. The second-order valence-corrected chi connectivity index (χ2v) is 9.33. The van der Waals surface area contributed by atoms with Crippen molar-refractivity contribution in [3.05, 3.63) is 81.9 Å². The van der Waals surface area contributed by atoms with E-state index >= 15 is 0 Å². The molecule has 1 aliphatic heterocycles. The number of H-pyrrole nitrogens is 1. The SMILES string of the molecule is COCCn1nnnc1[C@@H](c1cc2cc(OC)ccc2[nH]c1=O)N1CCC(Cc2ccccc2)CC1. The summed E-state index contributed by atoms with van der Waals surface area (Å²) in [6.45, 7) is 2.71. The average molecular weight is 489 g/mol. The lowest BCUT2D eigenvalue weighted by Crippen LogP contribution is -2.41. The molecular weight excluding hydrogens is 456 g/mol. The van der Waals surface area contributed by atoms with Crippen LogP contribution in [0.25, 0.3) is 10.9 Å². The van der Waals surface area contributed by atoms with E-state index in [2.05, 4.69) is 55.7 Å². The fourth-order valence-corrected chi connectivity index (χ4v) is 5.14. The van der Waals surface area contributed by atoms with E-state index in [1.54, 1.807) is 18.9 Å². The Kier molecular flexibility index (Phi) is 7.39. The van der Waals surface area contributed by atoms with Crippen LogP contribution in [0.5, 0.6) is 5.75 Å². The number of nitrogens with one attached hydrogen (secondary N) is 1. The lowest BCUT2D eigenvalue weighted by atomic mass is 9.89. The number of methoxy groups -OCH3 is 2. The van der Waals surface area contributed by atoms with Crippen molar-refractivity contribution in [1.82, 2.24) is 30.1 Å². The van der Waals surface area contributed by atoms with Crippen molar-refractivity contribution in [2.45, 2.75) is 31.8 Å². The lowest BCUT2D eigenvalue weighted by Gasteiger charge is -2.37. The highest BCUT2D eigenvalue weighted by Crippen LogP contribution is 2.32. The predicted molar refractivity (Wildman–Crippen MR) is 137 cm³/mol. The highest BCUT2D eigenvalue weighted by molar-refractivity contribution is 5.80. The van der Waals surface area contributed by atoms with E-state index < -0.39 is 0 Å². The quantitative estimate of drug-likeness (QED) is 0.386. The highest BCUT2D eigenvalue weighted by Gasteiger charge is 2.33. The smallest absolute Gasteiger partial charge is 0.253 e. The first kappa shape index (κ1) is 24.1. The number of nitrogens with zero attached hydrogens (tertiary/aromatic N) is 5. The first-order chi connectivity index (χ1) is 17.7. The van der Waals surface area contributed by atoms with Crippen LogP contribution in [0.2, 0.25) is 0 Å². The number of pyridine rings is 1. The van der Waals surface area contributed by atoms with Crippen molar-refractivity contribution >= 4 is 10.9 Å². The van der Waals surface area contributed by atoms with Crippen LogP contribution in [0, 0.1) is 5.92 Å². The molecule has 36 heavy (non-hydrogen) atoms. The molecule has 1 aliphatic rings. The summed E-state index contributed by atoms with van der Waals surface area (Å²) in [6.07, 6.45) is 3.16. The van der Waals surface area contributed by atoms with E-state index in [-0.39, 0.29) is 11.6 Å². The molecule has 0 saturated carbocycles. The van der Waals surface area contributed by atoms with Gasteiger partial charge in [-0.15, -0.1) is 5.10 Å². The number of ether oxygens (including phenoxy) is 2. The van der Waals surface area contributed by atoms with Crippen LogP contribution in [-0.2, 0) is 17.7 Å². The lowest BCUT2D eigenvalue weighted by molar-refractivity contribution is 0.138. The van der Waals surface area contributed by atoms with Crippen molar-refractivity contribution < 1.29 is 9.47 Å². The zero-order valence-corrected chi connectivity index (χ0v) is 20.8. The summed E-state index contributed by atoms with van der Waals surface area (Å²) >= 11 is 0. The highest BCUT2D eigenvalue weighted by atomic mass is 16.5. The van der Waals surface area contributed by atoms with E-state index in [4.69, 9.17) is 9.47 Å². The Morgan fingerprint density at radius 2 is 1.89 bits per heavy atom. The number of hydrogen-bond acceptors (Lipinski definition) is 7. The maximum atomic E-state index is 13.4. The summed E-state index contributed by atoms with van der Waals surface area (Å²) in [5, 5.41) is 13.5. The van der Waals surface area contributed by atoms with Crippen LogP contribution in [0.15, 0.2) is 59.4 Å². The van der Waals surface area contributed by atoms with Crippen LogP contribution < -0.4 is 10.3 Å². The molecule has 1 N–H and O–H groups in total. The Hall–Kier alpha value is -3.56. The molecule has 9 heteroatoms. The van der Waals surface area contributed by atoms with Gasteiger partial charge < -0.3 is 14.5 Å². The molecule has 188 valence electrons. The van der Waals surface area contributed by atoms with Gasteiger partial charge in [-0.05, 0) is 78.5 Å². The third kappa shape index (κ3) is 5.17. The summed E-state index contributed by atoms with van der Waals surface area (Å²) in [4.78, 5) is 18.8. The number of fused-ring (bicyclic) bond motifs is 1. The second-order valence-electron chi connectivity index (χ2n) is 9.33. The first-order valence-corrected chi connectivity index (χ1v) is 12.4. The normalized spacial score (nSPS) is 15.8. The standard InChI is InChI=1S/C27H32N6O3/c1-35-15-14-33-26(29-30-31-33)25(23-18-21-17-22(36-2)8-9-24(21)28-27(23)34)32-12-10-20(11-13-32)16-19-6-4-3-5-7-19/h3-9,17-18,20,25H,10-16H2,1-2H3,(H,28,34)/t25-/m1/s1. The molecule has 0 spiro atoms. The molecule has 4 aromatic rings. The van der Waals surface area contributed by atoms with E-state index in [1.165, 1.54) is 5.56 Å². The Morgan fingerprint density at radius 1 is 1.08 bits per heavy atom. The van der Waals surface area contributed by atoms with Gasteiger partial charge in [0.1, 0.15) is 11.8 Å². The van der Waals surface area contributed by atoms with E-state index in [0.29, 0.717) is 30.5 Å².